The van der Waals surface area contributed by atoms with E-state index in [0.717, 1.165) is 43.5 Å². The van der Waals surface area contributed by atoms with E-state index >= 15 is 0 Å². The highest BCUT2D eigenvalue weighted by atomic mass is 35.5. The van der Waals surface area contributed by atoms with Crippen LogP contribution in [-0.2, 0) is 9.63 Å². The Morgan fingerprint density at radius 1 is 1.06 bits per heavy atom. The first-order valence-electron chi connectivity index (χ1n) is 10.2. The number of hydrogen-bond acceptors (Lipinski definition) is 6. The molecule has 2 aliphatic heterocycles. The molecule has 1 unspecified atom stereocenters. The molecular weight excluding hydrogens is 453 g/mol. The van der Waals surface area contributed by atoms with Crippen molar-refractivity contribution in [3.8, 4) is 0 Å². The van der Waals surface area contributed by atoms with Gasteiger partial charge in [0.1, 0.15) is 5.82 Å². The van der Waals surface area contributed by atoms with Gasteiger partial charge in [-0.15, -0.1) is 0 Å². The van der Waals surface area contributed by atoms with Crippen LogP contribution in [0.5, 0.6) is 0 Å². The number of hydrogen-bond donors (Lipinski definition) is 0. The number of amides is 2. The Labute approximate surface area is 195 Å². The van der Waals surface area contributed by atoms with Crippen molar-refractivity contribution in [2.75, 3.05) is 39.8 Å². The zero-order chi connectivity index (χ0) is 22.7. The second kappa shape index (κ2) is 10.1. The molecule has 32 heavy (non-hydrogen) atoms. The van der Waals surface area contributed by atoms with E-state index in [1.807, 2.05) is 29.3 Å². The predicted octanol–water partition coefficient (Wildman–Crippen LogP) is 4.44. The molecule has 0 radical (unpaired) electrons. The number of piperazine rings is 1. The molecule has 0 spiro atoms. The van der Waals surface area contributed by atoms with Gasteiger partial charge in [-0.25, -0.2) is 4.39 Å². The van der Waals surface area contributed by atoms with E-state index in [-0.39, 0.29) is 29.6 Å². The number of rotatable bonds is 6. The van der Waals surface area contributed by atoms with Crippen LogP contribution in [0.4, 0.5) is 9.18 Å². The van der Waals surface area contributed by atoms with Crippen LogP contribution < -0.4 is 0 Å². The molecular formula is C23H23ClFN3O3S. The van der Waals surface area contributed by atoms with Crippen LogP contribution in [0.2, 0.25) is 5.02 Å². The molecule has 9 heteroatoms. The van der Waals surface area contributed by atoms with Gasteiger partial charge in [0.15, 0.2) is 0 Å². The summed E-state index contributed by atoms with van der Waals surface area (Å²) in [6, 6.07) is 13.1. The van der Waals surface area contributed by atoms with Crippen molar-refractivity contribution in [1.29, 1.82) is 0 Å². The van der Waals surface area contributed by atoms with Gasteiger partial charge < -0.3 is 4.84 Å². The zero-order valence-electron chi connectivity index (χ0n) is 17.5. The SMILES string of the molecule is CON1CCN(C(CN2C(=O)S/C(=C\c3ccc(F)cc3)C2=O)c2ccc(Cl)cc2)CC1. The third-order valence-electron chi connectivity index (χ3n) is 5.62. The Morgan fingerprint density at radius 2 is 1.72 bits per heavy atom. The molecule has 0 N–H and O–H groups in total. The van der Waals surface area contributed by atoms with Gasteiger partial charge in [-0.1, -0.05) is 35.9 Å². The van der Waals surface area contributed by atoms with E-state index in [4.69, 9.17) is 16.4 Å². The molecule has 168 valence electrons. The first kappa shape index (κ1) is 22.9. The maximum Gasteiger partial charge on any atom is 0.293 e. The summed E-state index contributed by atoms with van der Waals surface area (Å²) in [6.07, 6.45) is 1.62. The van der Waals surface area contributed by atoms with Crippen molar-refractivity contribution in [2.24, 2.45) is 0 Å². The highest BCUT2D eigenvalue weighted by molar-refractivity contribution is 8.18. The molecule has 2 aromatic rings. The molecule has 0 bridgehead atoms. The molecule has 1 atom stereocenters. The van der Waals surface area contributed by atoms with Gasteiger partial charge in [0, 0.05) is 37.7 Å². The monoisotopic (exact) mass is 475 g/mol. The van der Waals surface area contributed by atoms with E-state index in [0.29, 0.717) is 15.5 Å². The molecule has 2 amide bonds. The van der Waals surface area contributed by atoms with Gasteiger partial charge >= 0.3 is 0 Å². The Morgan fingerprint density at radius 3 is 2.34 bits per heavy atom. The fourth-order valence-electron chi connectivity index (χ4n) is 3.86. The van der Waals surface area contributed by atoms with Gasteiger partial charge in [-0.05, 0) is 53.2 Å². The fraction of sp³-hybridized carbons (Fsp3) is 0.304. The number of benzene rings is 2. The fourth-order valence-corrected chi connectivity index (χ4v) is 4.83. The molecule has 2 saturated heterocycles. The molecule has 0 aliphatic carbocycles. The summed E-state index contributed by atoms with van der Waals surface area (Å²) < 4.78 is 13.2. The lowest BCUT2D eigenvalue weighted by atomic mass is 10.0. The zero-order valence-corrected chi connectivity index (χ0v) is 19.1. The van der Waals surface area contributed by atoms with Crippen LogP contribution >= 0.6 is 23.4 Å². The quantitative estimate of drug-likeness (QED) is 0.576. The van der Waals surface area contributed by atoms with Gasteiger partial charge in [-0.2, -0.15) is 5.06 Å². The van der Waals surface area contributed by atoms with E-state index < -0.39 is 0 Å². The number of nitrogens with zero attached hydrogens (tertiary/aromatic N) is 3. The number of hydroxylamine groups is 2. The summed E-state index contributed by atoms with van der Waals surface area (Å²) in [5, 5.41) is 2.21. The lowest BCUT2D eigenvalue weighted by molar-refractivity contribution is -0.156. The molecule has 2 aromatic carbocycles. The molecule has 0 aromatic heterocycles. The van der Waals surface area contributed by atoms with Crippen LogP contribution in [0, 0.1) is 5.82 Å². The van der Waals surface area contributed by atoms with Gasteiger partial charge in [0.2, 0.25) is 0 Å². The van der Waals surface area contributed by atoms with Crippen LogP contribution in [0.3, 0.4) is 0 Å². The van der Waals surface area contributed by atoms with Crippen molar-refractivity contribution in [2.45, 2.75) is 6.04 Å². The Hall–Kier alpha value is -2.23. The molecule has 2 fully saturated rings. The summed E-state index contributed by atoms with van der Waals surface area (Å²) in [5.74, 6) is -0.687. The van der Waals surface area contributed by atoms with E-state index in [1.54, 1.807) is 25.3 Å². The summed E-state index contributed by atoms with van der Waals surface area (Å²) in [7, 11) is 1.65. The highest BCUT2D eigenvalue weighted by Gasteiger charge is 2.38. The minimum absolute atomic E-state index is 0.162. The van der Waals surface area contributed by atoms with Crippen LogP contribution in [0.1, 0.15) is 17.2 Å². The van der Waals surface area contributed by atoms with Crippen molar-refractivity contribution in [3.05, 3.63) is 75.4 Å². The maximum atomic E-state index is 13.2. The number of carbonyl (C=O) groups excluding carboxylic acids is 2. The number of carbonyl (C=O) groups is 2. The lowest BCUT2D eigenvalue weighted by Gasteiger charge is -2.39. The first-order chi connectivity index (χ1) is 15.4. The van der Waals surface area contributed by atoms with Crippen molar-refractivity contribution >= 4 is 40.6 Å². The highest BCUT2D eigenvalue weighted by Crippen LogP contribution is 2.35. The van der Waals surface area contributed by atoms with Gasteiger partial charge in [0.05, 0.1) is 18.1 Å². The number of imide groups is 1. The first-order valence-corrected chi connectivity index (χ1v) is 11.4. The molecule has 6 nitrogen and oxygen atoms in total. The third kappa shape index (κ3) is 5.22. The number of thioether (sulfide) groups is 1. The maximum absolute atomic E-state index is 13.2. The predicted molar refractivity (Wildman–Crippen MR) is 123 cm³/mol. The van der Waals surface area contributed by atoms with Crippen molar-refractivity contribution < 1.29 is 18.8 Å². The lowest BCUT2D eigenvalue weighted by Crippen LogP contribution is -2.49. The number of halogens is 2. The molecule has 0 saturated carbocycles. The van der Waals surface area contributed by atoms with E-state index in [1.165, 1.54) is 17.0 Å². The van der Waals surface area contributed by atoms with Crippen molar-refractivity contribution in [3.63, 3.8) is 0 Å². The minimum Gasteiger partial charge on any atom is -0.302 e. The van der Waals surface area contributed by atoms with Crippen LogP contribution in [-0.4, -0.2) is 65.8 Å². The topological polar surface area (TPSA) is 53.1 Å². The smallest absolute Gasteiger partial charge is 0.293 e. The molecule has 4 rings (SSSR count). The van der Waals surface area contributed by atoms with E-state index in [2.05, 4.69) is 4.90 Å². The Bertz CT molecular complexity index is 1010. The average molecular weight is 476 g/mol. The second-order valence-electron chi connectivity index (χ2n) is 7.56. The standard InChI is InChI=1S/C23H23ClFN3O3S/c1-31-27-12-10-26(11-13-27)20(17-4-6-18(24)7-5-17)15-28-22(29)21(32-23(28)30)14-16-2-8-19(25)9-3-16/h2-9,14,20H,10-13,15H2,1H3/b21-14-. The van der Waals surface area contributed by atoms with Crippen molar-refractivity contribution in [1.82, 2.24) is 14.9 Å². The Balaban J connectivity index is 1.56. The summed E-state index contributed by atoms with van der Waals surface area (Å²) in [6.45, 7) is 3.17. The summed E-state index contributed by atoms with van der Waals surface area (Å²) in [4.78, 5) is 35.0. The minimum atomic E-state index is -0.352. The largest absolute Gasteiger partial charge is 0.302 e. The van der Waals surface area contributed by atoms with Crippen LogP contribution in [0.25, 0.3) is 6.08 Å². The summed E-state index contributed by atoms with van der Waals surface area (Å²) in [5.41, 5.74) is 1.66. The third-order valence-corrected chi connectivity index (χ3v) is 6.78. The molecule has 2 aliphatic rings. The Kier molecular flexibility index (Phi) is 7.27. The van der Waals surface area contributed by atoms with Gasteiger partial charge in [-0.3, -0.25) is 19.4 Å². The second-order valence-corrected chi connectivity index (χ2v) is 8.99. The average Bonchev–Trinajstić information content (AvgIpc) is 3.07. The van der Waals surface area contributed by atoms with Gasteiger partial charge in [0.25, 0.3) is 11.1 Å². The van der Waals surface area contributed by atoms with E-state index in [9.17, 15) is 14.0 Å². The van der Waals surface area contributed by atoms with Crippen LogP contribution in [0.15, 0.2) is 53.4 Å². The summed E-state index contributed by atoms with van der Waals surface area (Å²) >= 11 is 6.98. The molecule has 2 heterocycles. The normalized spacial score (nSPS) is 20.3.